The van der Waals surface area contributed by atoms with E-state index in [1.165, 1.54) is 0 Å². The number of ether oxygens (including phenoxy) is 2. The third kappa shape index (κ3) is 3.17. The summed E-state index contributed by atoms with van der Waals surface area (Å²) in [6, 6.07) is 5.83. The summed E-state index contributed by atoms with van der Waals surface area (Å²) in [6.45, 7) is 6.07. The molecule has 0 atom stereocenters. The average Bonchev–Trinajstić information content (AvgIpc) is 2.27. The fraction of sp³-hybridized carbons (Fsp3) is 0.231. The van der Waals surface area contributed by atoms with Crippen LogP contribution in [-0.2, 0) is 0 Å². The van der Waals surface area contributed by atoms with E-state index in [0.29, 0.717) is 6.61 Å². The molecule has 0 bridgehead atoms. The van der Waals surface area contributed by atoms with Crippen LogP contribution in [0.3, 0.4) is 0 Å². The molecule has 1 aromatic rings. The molecule has 2 heteroatoms. The molecule has 0 radical (unpaired) electrons. The van der Waals surface area contributed by atoms with E-state index >= 15 is 0 Å². The summed E-state index contributed by atoms with van der Waals surface area (Å²) < 4.78 is 10.7. The second-order valence-corrected chi connectivity index (χ2v) is 3.01. The van der Waals surface area contributed by atoms with E-state index in [2.05, 4.69) is 6.58 Å². The smallest absolute Gasteiger partial charge is 0.161 e. The van der Waals surface area contributed by atoms with Gasteiger partial charge in [-0.05, 0) is 24.6 Å². The highest BCUT2D eigenvalue weighted by Gasteiger charge is 2.03. The van der Waals surface area contributed by atoms with Crippen molar-refractivity contribution in [2.24, 2.45) is 0 Å². The maximum Gasteiger partial charge on any atom is 0.161 e. The molecule has 0 unspecified atom stereocenters. The van der Waals surface area contributed by atoms with E-state index in [4.69, 9.17) is 9.47 Å². The van der Waals surface area contributed by atoms with Crippen LogP contribution in [0.4, 0.5) is 0 Å². The molecule has 0 aliphatic carbocycles. The van der Waals surface area contributed by atoms with Gasteiger partial charge in [0.1, 0.15) is 6.61 Å². The zero-order valence-corrected chi connectivity index (χ0v) is 9.19. The Labute approximate surface area is 90.8 Å². The largest absolute Gasteiger partial charge is 0.493 e. The summed E-state index contributed by atoms with van der Waals surface area (Å²) >= 11 is 0. The Morgan fingerprint density at radius 3 is 2.73 bits per heavy atom. The third-order valence-corrected chi connectivity index (χ3v) is 1.90. The van der Waals surface area contributed by atoms with Gasteiger partial charge in [-0.1, -0.05) is 30.9 Å². The fourth-order valence-corrected chi connectivity index (χ4v) is 1.25. The highest BCUT2D eigenvalue weighted by molar-refractivity contribution is 5.55. The molecule has 0 aliphatic heterocycles. The summed E-state index contributed by atoms with van der Waals surface area (Å²) in [5.41, 5.74) is 1.10. The minimum absolute atomic E-state index is 0.485. The molecule has 0 spiro atoms. The van der Waals surface area contributed by atoms with Crippen molar-refractivity contribution in [1.29, 1.82) is 0 Å². The van der Waals surface area contributed by atoms with Gasteiger partial charge in [-0.2, -0.15) is 0 Å². The van der Waals surface area contributed by atoms with Gasteiger partial charge in [-0.15, -0.1) is 0 Å². The highest BCUT2D eigenvalue weighted by Crippen LogP contribution is 2.28. The van der Waals surface area contributed by atoms with Crippen LogP contribution >= 0.6 is 0 Å². The van der Waals surface area contributed by atoms with Crippen LogP contribution in [0.1, 0.15) is 12.5 Å². The van der Waals surface area contributed by atoms with Gasteiger partial charge in [-0.3, -0.25) is 0 Å². The minimum Gasteiger partial charge on any atom is -0.493 e. The number of hydrogen-bond donors (Lipinski definition) is 0. The van der Waals surface area contributed by atoms with Crippen LogP contribution in [0, 0.1) is 0 Å². The van der Waals surface area contributed by atoms with Gasteiger partial charge in [0.25, 0.3) is 0 Å². The van der Waals surface area contributed by atoms with Crippen molar-refractivity contribution < 1.29 is 9.47 Å². The van der Waals surface area contributed by atoms with Crippen LogP contribution in [0.5, 0.6) is 11.5 Å². The van der Waals surface area contributed by atoms with Gasteiger partial charge in [-0.25, -0.2) is 0 Å². The molecule has 80 valence electrons. The number of hydrogen-bond acceptors (Lipinski definition) is 2. The lowest BCUT2D eigenvalue weighted by molar-refractivity contribution is 0.326. The molecule has 2 nitrogen and oxygen atoms in total. The van der Waals surface area contributed by atoms with Crippen molar-refractivity contribution in [3.8, 4) is 11.5 Å². The Kier molecular flexibility index (Phi) is 4.48. The molecule has 0 aliphatic rings. The molecule has 0 heterocycles. The molecule has 0 N–H and O–H groups in total. The maximum atomic E-state index is 5.44. The number of rotatable bonds is 5. The van der Waals surface area contributed by atoms with E-state index in [1.54, 1.807) is 13.2 Å². The zero-order chi connectivity index (χ0) is 11.1. The summed E-state index contributed by atoms with van der Waals surface area (Å²) in [6.07, 6.45) is 5.71. The Bertz CT molecular complexity index is 354. The first-order valence-electron chi connectivity index (χ1n) is 4.86. The molecular weight excluding hydrogens is 188 g/mol. The van der Waals surface area contributed by atoms with Gasteiger partial charge in [0.15, 0.2) is 11.5 Å². The molecule has 0 fully saturated rings. The normalized spacial score (nSPS) is 10.3. The summed E-state index contributed by atoms with van der Waals surface area (Å²) in [5, 5.41) is 0. The summed E-state index contributed by atoms with van der Waals surface area (Å²) in [5.74, 6) is 1.48. The topological polar surface area (TPSA) is 18.5 Å². The first-order valence-corrected chi connectivity index (χ1v) is 4.86. The number of allylic oxidation sites excluding steroid dienone is 1. The van der Waals surface area contributed by atoms with Crippen molar-refractivity contribution in [2.75, 3.05) is 13.7 Å². The minimum atomic E-state index is 0.485. The first-order chi connectivity index (χ1) is 7.31. The molecule has 1 rings (SSSR count). The lowest BCUT2D eigenvalue weighted by atomic mass is 10.2. The lowest BCUT2D eigenvalue weighted by Crippen LogP contribution is -1.96. The monoisotopic (exact) mass is 204 g/mol. The standard InChI is InChI=1S/C13H16O2/c1-4-6-11-7-8-12(15-9-5-2)13(10-11)14-3/h4-8,10H,2,9H2,1,3H3. The molecular formula is C13H16O2. The Morgan fingerprint density at radius 1 is 1.33 bits per heavy atom. The van der Waals surface area contributed by atoms with E-state index in [-0.39, 0.29) is 0 Å². The lowest BCUT2D eigenvalue weighted by Gasteiger charge is -2.09. The van der Waals surface area contributed by atoms with Gasteiger partial charge < -0.3 is 9.47 Å². The molecule has 15 heavy (non-hydrogen) atoms. The second kappa shape index (κ2) is 5.91. The number of benzene rings is 1. The third-order valence-electron chi connectivity index (χ3n) is 1.90. The van der Waals surface area contributed by atoms with Crippen molar-refractivity contribution >= 4 is 6.08 Å². The summed E-state index contributed by atoms with van der Waals surface area (Å²) in [7, 11) is 1.63. The van der Waals surface area contributed by atoms with Crippen LogP contribution < -0.4 is 9.47 Å². The summed E-state index contributed by atoms with van der Waals surface area (Å²) in [4.78, 5) is 0. The van der Waals surface area contributed by atoms with Crippen LogP contribution in [0.15, 0.2) is 36.9 Å². The molecule has 0 saturated heterocycles. The van der Waals surface area contributed by atoms with E-state index < -0.39 is 0 Å². The maximum absolute atomic E-state index is 5.44. The van der Waals surface area contributed by atoms with Crippen LogP contribution in [-0.4, -0.2) is 13.7 Å². The van der Waals surface area contributed by atoms with Gasteiger partial charge in [0, 0.05) is 0 Å². The Morgan fingerprint density at radius 2 is 2.13 bits per heavy atom. The fourth-order valence-electron chi connectivity index (χ4n) is 1.25. The molecule has 1 aromatic carbocycles. The van der Waals surface area contributed by atoms with Crippen LogP contribution in [0.2, 0.25) is 0 Å². The van der Waals surface area contributed by atoms with Crippen molar-refractivity contribution in [3.63, 3.8) is 0 Å². The van der Waals surface area contributed by atoms with Gasteiger partial charge in [0.2, 0.25) is 0 Å². The average molecular weight is 204 g/mol. The predicted octanol–water partition coefficient (Wildman–Crippen LogP) is 3.29. The Balaban J connectivity index is 2.92. The van der Waals surface area contributed by atoms with Crippen molar-refractivity contribution in [1.82, 2.24) is 0 Å². The van der Waals surface area contributed by atoms with E-state index in [1.807, 2.05) is 37.3 Å². The molecule has 0 amide bonds. The molecule has 0 aromatic heterocycles. The van der Waals surface area contributed by atoms with Gasteiger partial charge >= 0.3 is 0 Å². The predicted molar refractivity (Wildman–Crippen MR) is 63.4 cm³/mol. The Hall–Kier alpha value is -1.70. The van der Waals surface area contributed by atoms with E-state index in [0.717, 1.165) is 17.1 Å². The van der Waals surface area contributed by atoms with Crippen molar-refractivity contribution in [3.05, 3.63) is 42.5 Å². The second-order valence-electron chi connectivity index (χ2n) is 3.01. The number of methoxy groups -OCH3 is 1. The first kappa shape index (κ1) is 11.4. The van der Waals surface area contributed by atoms with Gasteiger partial charge in [0.05, 0.1) is 7.11 Å². The SMILES string of the molecule is C=CCOc1ccc(C=CC)cc1OC. The highest BCUT2D eigenvalue weighted by atomic mass is 16.5. The molecule has 0 saturated carbocycles. The van der Waals surface area contributed by atoms with Crippen LogP contribution in [0.25, 0.3) is 6.08 Å². The van der Waals surface area contributed by atoms with Crippen molar-refractivity contribution in [2.45, 2.75) is 6.92 Å². The zero-order valence-electron chi connectivity index (χ0n) is 9.19. The quantitative estimate of drug-likeness (QED) is 0.685. The van der Waals surface area contributed by atoms with E-state index in [9.17, 15) is 0 Å².